The molecule has 4 nitrogen and oxygen atoms in total. The zero-order chi connectivity index (χ0) is 21.4. The molecule has 4 aromatic carbocycles. The third kappa shape index (κ3) is 3.56. The van der Waals surface area contributed by atoms with E-state index in [0.717, 1.165) is 21.7 Å². The summed E-state index contributed by atoms with van der Waals surface area (Å²) in [7, 11) is 0. The Bertz CT molecular complexity index is 1400. The van der Waals surface area contributed by atoms with Gasteiger partial charge in [-0.3, -0.25) is 4.79 Å². The molecule has 0 amide bonds. The molecule has 152 valence electrons. The first-order valence-electron chi connectivity index (χ1n) is 9.93. The van der Waals surface area contributed by atoms with Gasteiger partial charge in [-0.25, -0.2) is 0 Å². The minimum Gasteiger partial charge on any atom is -0.450 e. The highest BCUT2D eigenvalue weighted by atomic mass is 35.5. The average Bonchev–Trinajstić information content (AvgIpc) is 3.17. The highest BCUT2D eigenvalue weighted by Crippen LogP contribution is 2.35. The minimum absolute atomic E-state index is 0.221. The molecular formula is C26H19ClN2O2. The SMILES string of the molecule is NC(Nc1c(C(=O)c2ccc(Cl)cc2)oc2ccccc12)c1cccc2ccccc12. The number of ketones is 1. The number of nitrogens with one attached hydrogen (secondary N) is 1. The summed E-state index contributed by atoms with van der Waals surface area (Å²) >= 11 is 5.98. The molecule has 0 radical (unpaired) electrons. The Morgan fingerprint density at radius 1 is 0.839 bits per heavy atom. The molecule has 0 saturated carbocycles. The van der Waals surface area contributed by atoms with Crippen LogP contribution in [-0.2, 0) is 0 Å². The van der Waals surface area contributed by atoms with Gasteiger partial charge in [0.2, 0.25) is 5.78 Å². The lowest BCUT2D eigenvalue weighted by molar-refractivity contribution is 0.101. The van der Waals surface area contributed by atoms with E-state index in [1.165, 1.54) is 0 Å². The van der Waals surface area contributed by atoms with Gasteiger partial charge in [-0.2, -0.15) is 0 Å². The molecule has 1 unspecified atom stereocenters. The molecule has 0 spiro atoms. The van der Waals surface area contributed by atoms with Crippen molar-refractivity contribution in [1.82, 2.24) is 0 Å². The maximum Gasteiger partial charge on any atom is 0.230 e. The van der Waals surface area contributed by atoms with Gasteiger partial charge in [0.1, 0.15) is 11.7 Å². The van der Waals surface area contributed by atoms with Crippen molar-refractivity contribution in [2.45, 2.75) is 6.17 Å². The maximum absolute atomic E-state index is 13.3. The Kier molecular flexibility index (Phi) is 4.94. The van der Waals surface area contributed by atoms with Crippen molar-refractivity contribution in [2.75, 3.05) is 5.32 Å². The molecular weight excluding hydrogens is 408 g/mol. The normalized spacial score (nSPS) is 12.2. The van der Waals surface area contributed by atoms with E-state index in [0.29, 0.717) is 21.9 Å². The average molecular weight is 427 g/mol. The van der Waals surface area contributed by atoms with Gasteiger partial charge in [0.25, 0.3) is 0 Å². The topological polar surface area (TPSA) is 68.3 Å². The third-order valence-electron chi connectivity index (χ3n) is 5.37. The fourth-order valence-electron chi connectivity index (χ4n) is 3.84. The second-order valence-corrected chi connectivity index (χ2v) is 7.77. The van der Waals surface area contributed by atoms with Crippen molar-refractivity contribution in [3.8, 4) is 0 Å². The summed E-state index contributed by atoms with van der Waals surface area (Å²) in [6, 6.07) is 28.4. The molecule has 0 aliphatic carbocycles. The third-order valence-corrected chi connectivity index (χ3v) is 5.62. The van der Waals surface area contributed by atoms with E-state index in [9.17, 15) is 4.79 Å². The number of carbonyl (C=O) groups excluding carboxylic acids is 1. The van der Waals surface area contributed by atoms with Crippen LogP contribution in [0.25, 0.3) is 21.7 Å². The van der Waals surface area contributed by atoms with Crippen molar-refractivity contribution < 1.29 is 9.21 Å². The zero-order valence-electron chi connectivity index (χ0n) is 16.5. The van der Waals surface area contributed by atoms with E-state index >= 15 is 0 Å². The van der Waals surface area contributed by atoms with Crippen LogP contribution in [0, 0.1) is 0 Å². The Hall–Kier alpha value is -3.60. The number of halogens is 1. The molecule has 3 N–H and O–H groups in total. The fraction of sp³-hybridized carbons (Fsp3) is 0.0385. The zero-order valence-corrected chi connectivity index (χ0v) is 17.3. The van der Waals surface area contributed by atoms with Gasteiger partial charge in [0, 0.05) is 16.0 Å². The van der Waals surface area contributed by atoms with Gasteiger partial charge >= 0.3 is 0 Å². The van der Waals surface area contributed by atoms with Gasteiger partial charge in [-0.15, -0.1) is 0 Å². The predicted octanol–water partition coefficient (Wildman–Crippen LogP) is 6.54. The van der Waals surface area contributed by atoms with Crippen LogP contribution in [0.3, 0.4) is 0 Å². The van der Waals surface area contributed by atoms with Gasteiger partial charge in [0.15, 0.2) is 5.76 Å². The summed E-state index contributed by atoms with van der Waals surface area (Å²) in [5.41, 5.74) is 9.22. The van der Waals surface area contributed by atoms with Crippen LogP contribution in [0.4, 0.5) is 5.69 Å². The van der Waals surface area contributed by atoms with E-state index in [4.69, 9.17) is 21.8 Å². The highest BCUT2D eigenvalue weighted by molar-refractivity contribution is 6.30. The van der Waals surface area contributed by atoms with E-state index in [1.54, 1.807) is 24.3 Å². The lowest BCUT2D eigenvalue weighted by Gasteiger charge is -2.18. The van der Waals surface area contributed by atoms with Gasteiger partial charge in [-0.05, 0) is 52.7 Å². The number of furan rings is 1. The quantitative estimate of drug-likeness (QED) is 0.247. The van der Waals surface area contributed by atoms with Crippen molar-refractivity contribution >= 4 is 44.8 Å². The van der Waals surface area contributed by atoms with Crippen LogP contribution >= 0.6 is 11.6 Å². The van der Waals surface area contributed by atoms with Crippen LogP contribution in [0.15, 0.2) is 95.4 Å². The predicted molar refractivity (Wildman–Crippen MR) is 126 cm³/mol. The van der Waals surface area contributed by atoms with Crippen molar-refractivity contribution in [1.29, 1.82) is 0 Å². The lowest BCUT2D eigenvalue weighted by Crippen LogP contribution is -2.21. The molecule has 0 saturated heterocycles. The molecule has 31 heavy (non-hydrogen) atoms. The molecule has 0 aliphatic rings. The molecule has 0 bridgehead atoms. The van der Waals surface area contributed by atoms with Crippen molar-refractivity contribution in [2.24, 2.45) is 5.73 Å². The Balaban J connectivity index is 1.59. The van der Waals surface area contributed by atoms with Gasteiger partial charge in [0.05, 0.1) is 5.69 Å². The van der Waals surface area contributed by atoms with Crippen LogP contribution in [0.5, 0.6) is 0 Å². The summed E-state index contributed by atoms with van der Waals surface area (Å²) in [5.74, 6) is -0.0142. The van der Waals surface area contributed by atoms with E-state index in [1.807, 2.05) is 66.7 Å². The molecule has 0 fully saturated rings. The number of hydrogen-bond donors (Lipinski definition) is 2. The van der Waals surface area contributed by atoms with E-state index in [-0.39, 0.29) is 11.5 Å². The van der Waals surface area contributed by atoms with Crippen molar-refractivity contribution in [3.05, 3.63) is 113 Å². The number of rotatable bonds is 5. The molecule has 1 atom stereocenters. The van der Waals surface area contributed by atoms with Crippen LogP contribution in [-0.4, -0.2) is 5.78 Å². The number of para-hydroxylation sites is 1. The first kappa shape index (κ1) is 19.4. The first-order chi connectivity index (χ1) is 15.1. The van der Waals surface area contributed by atoms with Gasteiger partial charge < -0.3 is 15.5 Å². The molecule has 5 aromatic rings. The number of hydrogen-bond acceptors (Lipinski definition) is 4. The van der Waals surface area contributed by atoms with Gasteiger partial charge in [-0.1, -0.05) is 66.2 Å². The highest BCUT2D eigenvalue weighted by Gasteiger charge is 2.24. The molecule has 0 aliphatic heterocycles. The number of fused-ring (bicyclic) bond motifs is 2. The Morgan fingerprint density at radius 3 is 2.32 bits per heavy atom. The second kappa shape index (κ2) is 7.91. The smallest absolute Gasteiger partial charge is 0.230 e. The summed E-state index contributed by atoms with van der Waals surface area (Å²) in [5, 5.41) is 6.87. The largest absolute Gasteiger partial charge is 0.450 e. The molecule has 1 aromatic heterocycles. The Labute approximate surface area is 184 Å². The molecule has 1 heterocycles. The summed E-state index contributed by atoms with van der Waals surface area (Å²) in [6.45, 7) is 0. The summed E-state index contributed by atoms with van der Waals surface area (Å²) < 4.78 is 5.97. The second-order valence-electron chi connectivity index (χ2n) is 7.33. The number of anilines is 1. The lowest BCUT2D eigenvalue weighted by atomic mass is 10.0. The summed E-state index contributed by atoms with van der Waals surface area (Å²) in [4.78, 5) is 13.3. The Morgan fingerprint density at radius 2 is 1.52 bits per heavy atom. The number of carbonyl (C=O) groups is 1. The number of benzene rings is 4. The maximum atomic E-state index is 13.3. The van der Waals surface area contributed by atoms with E-state index < -0.39 is 6.17 Å². The first-order valence-corrected chi connectivity index (χ1v) is 10.3. The monoisotopic (exact) mass is 426 g/mol. The standard InChI is InChI=1S/C26H19ClN2O2/c27-18-14-12-17(13-15-18)24(30)25-23(21-9-3-4-11-22(21)31-25)29-26(28)20-10-5-7-16-6-1-2-8-19(16)20/h1-15,26,29H,28H2. The minimum atomic E-state index is -0.538. The van der Waals surface area contributed by atoms with Crippen LogP contribution in [0.2, 0.25) is 5.02 Å². The summed E-state index contributed by atoms with van der Waals surface area (Å²) in [6.07, 6.45) is -0.538. The number of nitrogens with two attached hydrogens (primary N) is 1. The van der Waals surface area contributed by atoms with E-state index in [2.05, 4.69) is 5.32 Å². The van der Waals surface area contributed by atoms with Crippen LogP contribution in [0.1, 0.15) is 27.8 Å². The fourth-order valence-corrected chi connectivity index (χ4v) is 3.96. The van der Waals surface area contributed by atoms with Crippen molar-refractivity contribution in [3.63, 3.8) is 0 Å². The van der Waals surface area contributed by atoms with Crippen LogP contribution < -0.4 is 11.1 Å². The molecule has 5 rings (SSSR count). The molecule has 5 heteroatoms.